The molecule has 1 N–H and O–H groups in total. The summed E-state index contributed by atoms with van der Waals surface area (Å²) in [6.45, 7) is 2.13. The molecule has 2 heterocycles. The lowest BCUT2D eigenvalue weighted by Crippen LogP contribution is -2.11. The van der Waals surface area contributed by atoms with Gasteiger partial charge in [0.15, 0.2) is 5.13 Å². The first kappa shape index (κ1) is 18.1. The van der Waals surface area contributed by atoms with Gasteiger partial charge in [-0.2, -0.15) is 5.10 Å². The molecule has 0 fully saturated rings. The van der Waals surface area contributed by atoms with E-state index < -0.39 is 5.97 Å². The second-order valence-electron chi connectivity index (χ2n) is 5.40. The van der Waals surface area contributed by atoms with E-state index >= 15 is 0 Å². The molecule has 0 bridgehead atoms. The topological polar surface area (TPSA) is 86.1 Å². The van der Waals surface area contributed by atoms with Gasteiger partial charge in [0.1, 0.15) is 4.88 Å². The number of esters is 1. The predicted molar refractivity (Wildman–Crippen MR) is 98.9 cm³/mol. The van der Waals surface area contributed by atoms with Crippen LogP contribution >= 0.6 is 22.9 Å². The molecule has 0 saturated carbocycles. The number of hydrogen-bond donors (Lipinski definition) is 1. The molecule has 0 saturated heterocycles. The summed E-state index contributed by atoms with van der Waals surface area (Å²) >= 11 is 7.20. The zero-order valence-electron chi connectivity index (χ0n) is 14.0. The Morgan fingerprint density at radius 1 is 1.35 bits per heavy atom. The van der Waals surface area contributed by atoms with Gasteiger partial charge in [-0.25, -0.2) is 9.78 Å². The van der Waals surface area contributed by atoms with Gasteiger partial charge in [-0.3, -0.25) is 14.8 Å². The van der Waals surface area contributed by atoms with Crippen molar-refractivity contribution in [1.82, 2.24) is 14.8 Å². The third-order valence-corrected chi connectivity index (χ3v) is 5.00. The van der Waals surface area contributed by atoms with Crippen molar-refractivity contribution in [2.75, 3.05) is 12.4 Å². The SMILES string of the molecule is COC(=O)c1sc(NC(=O)c2cnn(Cc3ccccc3Cl)c2)nc1C. The van der Waals surface area contributed by atoms with E-state index in [1.165, 1.54) is 13.3 Å². The van der Waals surface area contributed by atoms with Crippen LogP contribution in [0.4, 0.5) is 5.13 Å². The Kier molecular flexibility index (Phi) is 5.34. The minimum absolute atomic E-state index is 0.326. The highest BCUT2D eigenvalue weighted by Crippen LogP contribution is 2.24. The average Bonchev–Trinajstić information content (AvgIpc) is 3.23. The molecule has 134 valence electrons. The largest absolute Gasteiger partial charge is 0.465 e. The summed E-state index contributed by atoms with van der Waals surface area (Å²) in [5.41, 5.74) is 1.79. The van der Waals surface area contributed by atoms with Gasteiger partial charge < -0.3 is 4.74 Å². The lowest BCUT2D eigenvalue weighted by atomic mass is 10.2. The summed E-state index contributed by atoms with van der Waals surface area (Å²) in [7, 11) is 1.30. The van der Waals surface area contributed by atoms with E-state index in [-0.39, 0.29) is 5.91 Å². The Morgan fingerprint density at radius 2 is 2.12 bits per heavy atom. The highest BCUT2D eigenvalue weighted by molar-refractivity contribution is 7.17. The van der Waals surface area contributed by atoms with Crippen molar-refractivity contribution in [2.24, 2.45) is 0 Å². The number of aromatic nitrogens is 3. The number of amides is 1. The Hall–Kier alpha value is -2.71. The number of nitrogens with one attached hydrogen (secondary N) is 1. The molecule has 0 aliphatic rings. The molecule has 26 heavy (non-hydrogen) atoms. The third kappa shape index (κ3) is 3.92. The van der Waals surface area contributed by atoms with E-state index in [0.29, 0.717) is 32.8 Å². The van der Waals surface area contributed by atoms with Gasteiger partial charge in [0.05, 0.1) is 31.1 Å². The summed E-state index contributed by atoms with van der Waals surface area (Å²) < 4.78 is 6.31. The molecule has 3 aromatic rings. The minimum Gasteiger partial charge on any atom is -0.465 e. The maximum absolute atomic E-state index is 12.4. The molecule has 1 amide bonds. The molecule has 9 heteroatoms. The molecule has 1 aromatic carbocycles. The van der Waals surface area contributed by atoms with Gasteiger partial charge in [0, 0.05) is 11.2 Å². The Bertz CT molecular complexity index is 967. The summed E-state index contributed by atoms with van der Waals surface area (Å²) in [6, 6.07) is 7.45. The van der Waals surface area contributed by atoms with Gasteiger partial charge in [0.2, 0.25) is 0 Å². The van der Waals surface area contributed by atoms with Crippen molar-refractivity contribution in [2.45, 2.75) is 13.5 Å². The number of aryl methyl sites for hydroxylation is 1. The van der Waals surface area contributed by atoms with Gasteiger partial charge in [-0.1, -0.05) is 41.1 Å². The zero-order chi connectivity index (χ0) is 18.7. The number of carbonyl (C=O) groups excluding carboxylic acids is 2. The van der Waals surface area contributed by atoms with Crippen LogP contribution in [0.15, 0.2) is 36.7 Å². The first-order chi connectivity index (χ1) is 12.5. The number of benzene rings is 1. The van der Waals surface area contributed by atoms with E-state index in [1.54, 1.807) is 23.9 Å². The Morgan fingerprint density at radius 3 is 2.85 bits per heavy atom. The van der Waals surface area contributed by atoms with Crippen molar-refractivity contribution >= 4 is 39.9 Å². The molecule has 3 rings (SSSR count). The second kappa shape index (κ2) is 7.67. The molecule has 2 aromatic heterocycles. The van der Waals surface area contributed by atoms with Gasteiger partial charge in [-0.05, 0) is 18.6 Å². The second-order valence-corrected chi connectivity index (χ2v) is 6.80. The normalized spacial score (nSPS) is 10.6. The number of methoxy groups -OCH3 is 1. The summed E-state index contributed by atoms with van der Waals surface area (Å²) in [5, 5.41) is 7.82. The van der Waals surface area contributed by atoms with Crippen LogP contribution in [0.5, 0.6) is 0 Å². The average molecular weight is 391 g/mol. The summed E-state index contributed by atoms with van der Waals surface area (Å²) in [4.78, 5) is 28.5. The maximum Gasteiger partial charge on any atom is 0.350 e. The fourth-order valence-electron chi connectivity index (χ4n) is 2.27. The predicted octanol–water partition coefficient (Wildman–Crippen LogP) is 3.39. The van der Waals surface area contributed by atoms with Crippen LogP contribution in [0, 0.1) is 6.92 Å². The molecule has 0 radical (unpaired) electrons. The number of nitrogens with zero attached hydrogens (tertiary/aromatic N) is 3. The lowest BCUT2D eigenvalue weighted by molar-refractivity contribution is 0.0605. The van der Waals surface area contributed by atoms with E-state index in [0.717, 1.165) is 16.9 Å². The fourth-order valence-corrected chi connectivity index (χ4v) is 3.34. The van der Waals surface area contributed by atoms with E-state index in [9.17, 15) is 9.59 Å². The molecule has 0 atom stereocenters. The highest BCUT2D eigenvalue weighted by Gasteiger charge is 2.18. The fraction of sp³-hybridized carbons (Fsp3) is 0.176. The quantitative estimate of drug-likeness (QED) is 0.675. The van der Waals surface area contributed by atoms with Crippen molar-refractivity contribution in [3.05, 3.63) is 63.4 Å². The lowest BCUT2D eigenvalue weighted by Gasteiger charge is -2.03. The number of carbonyl (C=O) groups is 2. The maximum atomic E-state index is 12.4. The van der Waals surface area contributed by atoms with Crippen molar-refractivity contribution in [1.29, 1.82) is 0 Å². The molecule has 0 spiro atoms. The summed E-state index contributed by atoms with van der Waals surface area (Å²) in [5.74, 6) is -0.839. The number of hydrogen-bond acceptors (Lipinski definition) is 6. The van der Waals surface area contributed by atoms with Crippen LogP contribution in [0.2, 0.25) is 5.02 Å². The molecular formula is C17H15ClN4O3S. The van der Waals surface area contributed by atoms with Crippen LogP contribution in [0.25, 0.3) is 0 Å². The van der Waals surface area contributed by atoms with Crippen LogP contribution in [0.1, 0.15) is 31.3 Å². The van der Waals surface area contributed by atoms with Gasteiger partial charge >= 0.3 is 5.97 Å². The monoisotopic (exact) mass is 390 g/mol. The molecule has 7 nitrogen and oxygen atoms in total. The van der Waals surface area contributed by atoms with Gasteiger partial charge in [-0.15, -0.1) is 0 Å². The zero-order valence-corrected chi connectivity index (χ0v) is 15.6. The van der Waals surface area contributed by atoms with E-state index in [4.69, 9.17) is 11.6 Å². The highest BCUT2D eigenvalue weighted by atomic mass is 35.5. The molecule has 0 unspecified atom stereocenters. The Balaban J connectivity index is 1.71. The number of anilines is 1. The standard InChI is InChI=1S/C17H15ClN4O3S/c1-10-14(16(24)25-2)26-17(20-10)21-15(23)12-7-19-22(9-12)8-11-5-3-4-6-13(11)18/h3-7,9H,8H2,1-2H3,(H,20,21,23). The van der Waals surface area contributed by atoms with Crippen LogP contribution in [-0.4, -0.2) is 33.8 Å². The third-order valence-electron chi connectivity index (χ3n) is 3.57. The first-order valence-electron chi connectivity index (χ1n) is 7.61. The van der Waals surface area contributed by atoms with Crippen LogP contribution in [-0.2, 0) is 11.3 Å². The van der Waals surface area contributed by atoms with Crippen molar-refractivity contribution in [3.63, 3.8) is 0 Å². The van der Waals surface area contributed by atoms with Gasteiger partial charge in [0.25, 0.3) is 5.91 Å². The number of halogens is 1. The van der Waals surface area contributed by atoms with Crippen LogP contribution in [0.3, 0.4) is 0 Å². The number of thiazole rings is 1. The number of ether oxygens (including phenoxy) is 1. The smallest absolute Gasteiger partial charge is 0.350 e. The molecule has 0 aliphatic heterocycles. The molecule has 0 aliphatic carbocycles. The van der Waals surface area contributed by atoms with E-state index in [1.807, 2.05) is 18.2 Å². The minimum atomic E-state index is -0.479. The Labute approximate surface area is 158 Å². The first-order valence-corrected chi connectivity index (χ1v) is 8.80. The van der Waals surface area contributed by atoms with Crippen molar-refractivity contribution < 1.29 is 14.3 Å². The molecular weight excluding hydrogens is 376 g/mol. The van der Waals surface area contributed by atoms with Crippen molar-refractivity contribution in [3.8, 4) is 0 Å². The number of rotatable bonds is 5. The van der Waals surface area contributed by atoms with Crippen LogP contribution < -0.4 is 5.32 Å². The summed E-state index contributed by atoms with van der Waals surface area (Å²) in [6.07, 6.45) is 3.09. The van der Waals surface area contributed by atoms with E-state index in [2.05, 4.69) is 20.1 Å².